The summed E-state index contributed by atoms with van der Waals surface area (Å²) in [5, 5.41) is 0. The first kappa shape index (κ1) is 19.3. The van der Waals surface area contributed by atoms with Crippen LogP contribution in [0.1, 0.15) is 46.3 Å². The number of hydrogen-bond acceptors (Lipinski definition) is 2. The summed E-state index contributed by atoms with van der Waals surface area (Å²) < 4.78 is 2.58. The fourth-order valence-corrected chi connectivity index (χ4v) is 3.59. The van der Waals surface area contributed by atoms with Crippen molar-refractivity contribution in [1.29, 1.82) is 0 Å². The number of carbonyl (C=O) groups is 1. The fraction of sp³-hybridized carbons (Fsp3) is 0.217. The monoisotopic (exact) mass is 423 g/mol. The van der Waals surface area contributed by atoms with E-state index in [9.17, 15) is 9.59 Å². The van der Waals surface area contributed by atoms with Crippen LogP contribution in [0.2, 0.25) is 0 Å². The maximum absolute atomic E-state index is 13.0. The van der Waals surface area contributed by atoms with Crippen molar-refractivity contribution >= 4 is 21.7 Å². The molecule has 3 rings (SSSR count). The van der Waals surface area contributed by atoms with E-state index < -0.39 is 0 Å². The Morgan fingerprint density at radius 3 is 2.41 bits per heavy atom. The summed E-state index contributed by atoms with van der Waals surface area (Å²) in [6.07, 6.45) is 2.02. The number of pyridine rings is 1. The van der Waals surface area contributed by atoms with Gasteiger partial charge in [0.05, 0.1) is 0 Å². The van der Waals surface area contributed by atoms with Crippen LogP contribution in [-0.4, -0.2) is 10.4 Å². The Balaban J connectivity index is 1.99. The highest BCUT2D eigenvalue weighted by Gasteiger charge is 2.21. The van der Waals surface area contributed by atoms with Gasteiger partial charge in [-0.1, -0.05) is 52.3 Å². The molecule has 0 spiro atoms. The summed E-state index contributed by atoms with van der Waals surface area (Å²) in [7, 11) is 0. The topological polar surface area (TPSA) is 39.1 Å². The van der Waals surface area contributed by atoms with E-state index in [2.05, 4.69) is 47.1 Å². The van der Waals surface area contributed by atoms with Gasteiger partial charge in [-0.05, 0) is 48.7 Å². The third-order valence-corrected chi connectivity index (χ3v) is 5.40. The highest BCUT2D eigenvalue weighted by Crippen LogP contribution is 2.32. The average Bonchev–Trinajstić information content (AvgIpc) is 2.68. The number of ketones is 1. The molecule has 2 aromatic carbocycles. The minimum atomic E-state index is -0.0857. The number of carbonyl (C=O) groups excluding carboxylic acids is 1. The molecule has 3 nitrogen and oxygen atoms in total. The van der Waals surface area contributed by atoms with Gasteiger partial charge >= 0.3 is 0 Å². The predicted octanol–water partition coefficient (Wildman–Crippen LogP) is 5.34. The smallest absolute Gasteiger partial charge is 0.250 e. The third-order valence-electron chi connectivity index (χ3n) is 4.87. The van der Waals surface area contributed by atoms with Crippen LogP contribution >= 0.6 is 15.9 Å². The molecule has 0 fully saturated rings. The Morgan fingerprint density at radius 1 is 1.04 bits per heavy atom. The summed E-state index contributed by atoms with van der Waals surface area (Å²) in [5.41, 5.74) is 3.91. The lowest BCUT2D eigenvalue weighted by Gasteiger charge is -2.20. The van der Waals surface area contributed by atoms with Gasteiger partial charge in [-0.15, -0.1) is 0 Å². The second-order valence-electron chi connectivity index (χ2n) is 6.63. The summed E-state index contributed by atoms with van der Waals surface area (Å²) in [4.78, 5) is 24.8. The zero-order chi connectivity index (χ0) is 19.4. The predicted molar refractivity (Wildman–Crippen MR) is 112 cm³/mol. The van der Waals surface area contributed by atoms with E-state index in [1.165, 1.54) is 6.07 Å². The number of halogens is 1. The number of aryl methyl sites for hydroxylation is 2. The normalized spacial score (nSPS) is 12.0. The number of rotatable bonds is 6. The van der Waals surface area contributed by atoms with Crippen molar-refractivity contribution in [2.75, 3.05) is 0 Å². The molecule has 4 heteroatoms. The molecule has 1 heterocycles. The Kier molecular flexibility index (Phi) is 6.07. The molecule has 1 aromatic heterocycles. The molecule has 0 aliphatic carbocycles. The first-order valence-electron chi connectivity index (χ1n) is 9.04. The van der Waals surface area contributed by atoms with Crippen molar-refractivity contribution in [3.05, 3.63) is 104 Å². The van der Waals surface area contributed by atoms with Gasteiger partial charge in [0.25, 0.3) is 5.56 Å². The third kappa shape index (κ3) is 4.45. The van der Waals surface area contributed by atoms with Crippen LogP contribution in [0.15, 0.2) is 76.1 Å². The Labute approximate surface area is 167 Å². The van der Waals surface area contributed by atoms with Gasteiger partial charge in [0.15, 0.2) is 5.78 Å². The summed E-state index contributed by atoms with van der Waals surface area (Å²) in [6.45, 7) is 4.52. The SMILES string of the molecule is CCn1cc(C(=O)CC(c2ccc(Br)cc2)c2ccccc2C)ccc1=O. The zero-order valence-electron chi connectivity index (χ0n) is 15.5. The largest absolute Gasteiger partial charge is 0.315 e. The standard InChI is InChI=1S/C23H22BrNO2/c1-3-25-15-18(10-13-23(25)27)22(26)14-21(17-8-11-19(24)12-9-17)20-7-5-4-6-16(20)2/h4-13,15,21H,3,14H2,1-2H3. The van der Waals surface area contributed by atoms with Crippen molar-refractivity contribution < 1.29 is 4.79 Å². The first-order chi connectivity index (χ1) is 13.0. The van der Waals surface area contributed by atoms with Crippen molar-refractivity contribution in [1.82, 2.24) is 4.57 Å². The second-order valence-corrected chi connectivity index (χ2v) is 7.55. The summed E-state index contributed by atoms with van der Waals surface area (Å²) in [6, 6.07) is 19.4. The number of benzene rings is 2. The second kappa shape index (κ2) is 8.49. The zero-order valence-corrected chi connectivity index (χ0v) is 17.1. The highest BCUT2D eigenvalue weighted by atomic mass is 79.9. The fourth-order valence-electron chi connectivity index (χ4n) is 3.33. The molecular weight excluding hydrogens is 402 g/mol. The molecule has 0 saturated heterocycles. The van der Waals surface area contributed by atoms with Gasteiger partial charge < -0.3 is 4.57 Å². The van der Waals surface area contributed by atoms with Gasteiger partial charge in [0.2, 0.25) is 0 Å². The molecule has 0 radical (unpaired) electrons. The number of Topliss-reactive ketones (excluding diaryl/α,β-unsaturated/α-hetero) is 1. The quantitative estimate of drug-likeness (QED) is 0.501. The van der Waals surface area contributed by atoms with Crippen LogP contribution in [0.25, 0.3) is 0 Å². The van der Waals surface area contributed by atoms with Crippen LogP contribution in [0.3, 0.4) is 0 Å². The highest BCUT2D eigenvalue weighted by molar-refractivity contribution is 9.10. The van der Waals surface area contributed by atoms with E-state index in [1.54, 1.807) is 16.8 Å². The van der Waals surface area contributed by atoms with Crippen molar-refractivity contribution in [2.45, 2.75) is 32.7 Å². The van der Waals surface area contributed by atoms with E-state index in [1.807, 2.05) is 31.2 Å². The molecule has 138 valence electrons. The Morgan fingerprint density at radius 2 is 1.74 bits per heavy atom. The minimum Gasteiger partial charge on any atom is -0.315 e. The van der Waals surface area contributed by atoms with E-state index >= 15 is 0 Å². The molecule has 0 aliphatic rings. The Hall–Kier alpha value is -2.46. The molecule has 0 amide bonds. The van der Waals surface area contributed by atoms with E-state index in [0.717, 1.165) is 21.2 Å². The van der Waals surface area contributed by atoms with E-state index in [-0.39, 0.29) is 17.3 Å². The average molecular weight is 424 g/mol. The maximum Gasteiger partial charge on any atom is 0.250 e. The van der Waals surface area contributed by atoms with Crippen molar-refractivity contribution in [2.24, 2.45) is 0 Å². The molecule has 3 aromatic rings. The van der Waals surface area contributed by atoms with Crippen LogP contribution < -0.4 is 5.56 Å². The lowest BCUT2D eigenvalue weighted by Crippen LogP contribution is -2.19. The molecule has 0 bridgehead atoms. The summed E-state index contributed by atoms with van der Waals surface area (Å²) >= 11 is 3.48. The molecule has 0 N–H and O–H groups in total. The maximum atomic E-state index is 13.0. The van der Waals surface area contributed by atoms with E-state index in [0.29, 0.717) is 18.5 Å². The van der Waals surface area contributed by atoms with Gasteiger partial charge in [-0.2, -0.15) is 0 Å². The van der Waals surface area contributed by atoms with Crippen molar-refractivity contribution in [3.63, 3.8) is 0 Å². The van der Waals surface area contributed by atoms with Gasteiger partial charge in [-0.25, -0.2) is 0 Å². The first-order valence-corrected chi connectivity index (χ1v) is 9.83. The number of hydrogen-bond donors (Lipinski definition) is 0. The van der Waals surface area contributed by atoms with E-state index in [4.69, 9.17) is 0 Å². The molecular formula is C23H22BrNO2. The number of nitrogens with zero attached hydrogens (tertiary/aromatic N) is 1. The molecule has 0 aliphatic heterocycles. The van der Waals surface area contributed by atoms with Crippen LogP contribution in [0.4, 0.5) is 0 Å². The van der Waals surface area contributed by atoms with Gasteiger partial charge in [0.1, 0.15) is 0 Å². The van der Waals surface area contributed by atoms with Crippen molar-refractivity contribution in [3.8, 4) is 0 Å². The molecule has 1 unspecified atom stereocenters. The van der Waals surface area contributed by atoms with Crippen LogP contribution in [0, 0.1) is 6.92 Å². The minimum absolute atomic E-state index is 0.0335. The molecule has 1 atom stereocenters. The summed E-state index contributed by atoms with van der Waals surface area (Å²) in [5.74, 6) is 0.00202. The van der Waals surface area contributed by atoms with Gasteiger partial charge in [0, 0.05) is 41.2 Å². The lowest BCUT2D eigenvalue weighted by atomic mass is 9.84. The molecule has 0 saturated carbocycles. The van der Waals surface area contributed by atoms with Crippen LogP contribution in [-0.2, 0) is 6.54 Å². The lowest BCUT2D eigenvalue weighted by molar-refractivity contribution is 0.0976. The van der Waals surface area contributed by atoms with Gasteiger partial charge in [-0.3, -0.25) is 9.59 Å². The number of aromatic nitrogens is 1. The Bertz CT molecular complexity index is 1010. The van der Waals surface area contributed by atoms with Crippen LogP contribution in [0.5, 0.6) is 0 Å². The molecule has 27 heavy (non-hydrogen) atoms.